The molecular formula is C17H35B2NO4. The van der Waals surface area contributed by atoms with Gasteiger partial charge in [0.1, 0.15) is 0 Å². The molecule has 0 unspecified atom stereocenters. The van der Waals surface area contributed by atoms with Crippen LogP contribution in [0.1, 0.15) is 76.2 Å². The van der Waals surface area contributed by atoms with E-state index in [9.17, 15) is 0 Å². The summed E-state index contributed by atoms with van der Waals surface area (Å²) in [6.07, 6.45) is 0.590. The zero-order valence-electron chi connectivity index (χ0n) is 17.4. The van der Waals surface area contributed by atoms with Crippen LogP contribution in [0.5, 0.6) is 0 Å². The molecule has 0 aromatic heterocycles. The minimum Gasteiger partial charge on any atom is -0.402 e. The van der Waals surface area contributed by atoms with E-state index in [2.05, 4.69) is 81.0 Å². The van der Waals surface area contributed by atoms with Crippen molar-refractivity contribution in [3.8, 4) is 0 Å². The molecule has 0 saturated carbocycles. The maximum atomic E-state index is 6.26. The molecule has 0 aromatic rings. The van der Waals surface area contributed by atoms with Crippen LogP contribution in [0, 0.1) is 0 Å². The van der Waals surface area contributed by atoms with E-state index < -0.39 is 7.25 Å². The minimum absolute atomic E-state index is 0.148. The first-order valence-corrected chi connectivity index (χ1v) is 8.97. The van der Waals surface area contributed by atoms with E-state index in [0.29, 0.717) is 6.44 Å². The van der Waals surface area contributed by atoms with E-state index in [1.807, 2.05) is 0 Å². The molecule has 138 valence electrons. The van der Waals surface area contributed by atoms with Gasteiger partial charge in [-0.05, 0) is 76.2 Å². The standard InChI is InChI=1S/C17H35B2NO4/c1-13(2,3)20(19-23-16(8,9)17(10,11)24-19)12-18-21-14(4,5)15(6,7)22-18/h12H2,1-11H3. The highest BCUT2D eigenvalue weighted by Gasteiger charge is 2.58. The molecular weight excluding hydrogens is 304 g/mol. The average Bonchev–Trinajstić information content (AvgIpc) is 2.63. The van der Waals surface area contributed by atoms with Crippen molar-refractivity contribution in [3.05, 3.63) is 0 Å². The summed E-state index contributed by atoms with van der Waals surface area (Å²) >= 11 is 0. The van der Waals surface area contributed by atoms with Crippen molar-refractivity contribution in [1.82, 2.24) is 4.81 Å². The van der Waals surface area contributed by atoms with E-state index in [1.165, 1.54) is 0 Å². The summed E-state index contributed by atoms with van der Waals surface area (Å²) in [5.74, 6) is 0. The Bertz CT molecular complexity index is 453. The van der Waals surface area contributed by atoms with Gasteiger partial charge in [0.2, 0.25) is 0 Å². The van der Waals surface area contributed by atoms with Crippen molar-refractivity contribution in [2.24, 2.45) is 0 Å². The van der Waals surface area contributed by atoms with Crippen LogP contribution >= 0.6 is 0 Å². The summed E-state index contributed by atoms with van der Waals surface area (Å²) in [5, 5.41) is 0. The van der Waals surface area contributed by atoms with Crippen LogP contribution in [0.3, 0.4) is 0 Å². The molecule has 2 saturated heterocycles. The van der Waals surface area contributed by atoms with Gasteiger partial charge in [0.25, 0.3) is 0 Å². The molecule has 0 N–H and O–H groups in total. The quantitative estimate of drug-likeness (QED) is 0.738. The van der Waals surface area contributed by atoms with Gasteiger partial charge in [-0.3, -0.25) is 4.81 Å². The van der Waals surface area contributed by atoms with Gasteiger partial charge in [-0.1, -0.05) is 0 Å². The van der Waals surface area contributed by atoms with E-state index in [1.54, 1.807) is 0 Å². The largest absolute Gasteiger partial charge is 0.558 e. The Hall–Kier alpha value is -0.0701. The van der Waals surface area contributed by atoms with Crippen molar-refractivity contribution in [2.75, 3.05) is 6.44 Å². The van der Waals surface area contributed by atoms with Crippen LogP contribution in [-0.2, 0) is 18.6 Å². The topological polar surface area (TPSA) is 40.2 Å². The lowest BCUT2D eigenvalue weighted by molar-refractivity contribution is 0.00578. The monoisotopic (exact) mass is 339 g/mol. The second-order valence-corrected chi connectivity index (χ2v) is 10.1. The summed E-state index contributed by atoms with van der Waals surface area (Å²) in [7, 11) is -0.734. The third kappa shape index (κ3) is 3.56. The molecule has 5 nitrogen and oxygen atoms in total. The highest BCUT2D eigenvalue weighted by atomic mass is 16.7. The fourth-order valence-electron chi connectivity index (χ4n) is 2.82. The van der Waals surface area contributed by atoms with Crippen molar-refractivity contribution >= 4 is 14.4 Å². The van der Waals surface area contributed by atoms with Crippen LogP contribution in [-0.4, -0.2) is 53.6 Å². The van der Waals surface area contributed by atoms with Gasteiger partial charge in [-0.25, -0.2) is 0 Å². The van der Waals surface area contributed by atoms with Crippen molar-refractivity contribution in [3.63, 3.8) is 0 Å². The fourth-order valence-corrected chi connectivity index (χ4v) is 2.82. The Labute approximate surface area is 149 Å². The van der Waals surface area contributed by atoms with Gasteiger partial charge >= 0.3 is 14.4 Å². The van der Waals surface area contributed by atoms with Gasteiger partial charge in [0, 0.05) is 12.0 Å². The molecule has 2 aliphatic rings. The summed E-state index contributed by atoms with van der Waals surface area (Å²) in [6, 6.07) is 0. The first kappa shape index (κ1) is 20.2. The molecule has 0 radical (unpaired) electrons. The molecule has 2 heterocycles. The van der Waals surface area contributed by atoms with Crippen LogP contribution < -0.4 is 0 Å². The van der Waals surface area contributed by atoms with E-state index in [4.69, 9.17) is 18.6 Å². The van der Waals surface area contributed by atoms with Gasteiger partial charge in [0.05, 0.1) is 22.4 Å². The Morgan fingerprint density at radius 2 is 1.00 bits per heavy atom. The smallest absolute Gasteiger partial charge is 0.402 e. The van der Waals surface area contributed by atoms with Gasteiger partial charge in [-0.2, -0.15) is 0 Å². The molecule has 2 fully saturated rings. The predicted molar refractivity (Wildman–Crippen MR) is 98.6 cm³/mol. The molecule has 2 rings (SSSR count). The lowest BCUT2D eigenvalue weighted by Crippen LogP contribution is -2.56. The second kappa shape index (κ2) is 5.71. The van der Waals surface area contributed by atoms with Gasteiger partial charge in [0.15, 0.2) is 0 Å². The van der Waals surface area contributed by atoms with Crippen LogP contribution in [0.4, 0.5) is 0 Å². The molecule has 2 aliphatic heterocycles. The lowest BCUT2D eigenvalue weighted by atomic mass is 9.81. The van der Waals surface area contributed by atoms with Gasteiger partial charge in [-0.15, -0.1) is 0 Å². The van der Waals surface area contributed by atoms with Crippen LogP contribution in [0.25, 0.3) is 0 Å². The second-order valence-electron chi connectivity index (χ2n) is 10.1. The number of hydrogen-bond acceptors (Lipinski definition) is 5. The molecule has 0 spiro atoms. The summed E-state index contributed by atoms with van der Waals surface area (Å²) in [5.41, 5.74) is -1.55. The molecule has 0 atom stereocenters. The minimum atomic E-state index is -0.422. The highest BCUT2D eigenvalue weighted by Crippen LogP contribution is 2.41. The van der Waals surface area contributed by atoms with E-state index in [-0.39, 0.29) is 35.1 Å². The van der Waals surface area contributed by atoms with Crippen molar-refractivity contribution in [2.45, 2.75) is 104 Å². The predicted octanol–water partition coefficient (Wildman–Crippen LogP) is 3.31. The number of nitrogens with zero attached hydrogens (tertiary/aromatic N) is 1. The number of hydrogen-bond donors (Lipinski definition) is 0. The molecule has 0 aromatic carbocycles. The lowest BCUT2D eigenvalue weighted by Gasteiger charge is -2.37. The third-order valence-electron chi connectivity index (χ3n) is 6.00. The molecule has 7 heteroatoms. The Morgan fingerprint density at radius 3 is 1.33 bits per heavy atom. The maximum Gasteiger partial charge on any atom is 0.558 e. The van der Waals surface area contributed by atoms with E-state index in [0.717, 1.165) is 0 Å². The summed E-state index contributed by atoms with van der Waals surface area (Å²) in [6.45, 7) is 23.0. The van der Waals surface area contributed by atoms with E-state index >= 15 is 0 Å². The molecule has 0 amide bonds. The first-order chi connectivity index (χ1) is 10.5. The van der Waals surface area contributed by atoms with Gasteiger partial charge < -0.3 is 18.6 Å². The van der Waals surface area contributed by atoms with Crippen LogP contribution in [0.2, 0.25) is 0 Å². The Balaban J connectivity index is 2.18. The zero-order chi connectivity index (χ0) is 18.8. The summed E-state index contributed by atoms with van der Waals surface area (Å²) < 4.78 is 24.9. The van der Waals surface area contributed by atoms with Crippen molar-refractivity contribution < 1.29 is 18.6 Å². The molecule has 0 bridgehead atoms. The Morgan fingerprint density at radius 1 is 0.667 bits per heavy atom. The molecule has 24 heavy (non-hydrogen) atoms. The van der Waals surface area contributed by atoms with Crippen molar-refractivity contribution in [1.29, 1.82) is 0 Å². The normalized spacial score (nSPS) is 28.0. The fraction of sp³-hybridized carbons (Fsp3) is 1.00. The highest BCUT2D eigenvalue weighted by molar-refractivity contribution is 6.50. The third-order valence-corrected chi connectivity index (χ3v) is 6.00. The first-order valence-electron chi connectivity index (χ1n) is 8.97. The average molecular weight is 339 g/mol. The molecule has 0 aliphatic carbocycles. The van der Waals surface area contributed by atoms with Crippen LogP contribution in [0.15, 0.2) is 0 Å². The summed E-state index contributed by atoms with van der Waals surface area (Å²) in [4.78, 5) is 2.19. The maximum absolute atomic E-state index is 6.26. The Kier molecular flexibility index (Phi) is 4.82. The SMILES string of the molecule is CC(C)(C)N(CB1OC(C)(C)C(C)(C)O1)B1OC(C)(C)C(C)(C)O1. The zero-order valence-corrected chi connectivity index (χ0v) is 17.4. The number of rotatable bonds is 3.